The summed E-state index contributed by atoms with van der Waals surface area (Å²) in [4.78, 5) is 11.4. The van der Waals surface area contributed by atoms with Gasteiger partial charge in [-0.2, -0.15) is 0 Å². The molecular weight excluding hydrogens is 379 g/mol. The highest BCUT2D eigenvalue weighted by Gasteiger charge is 2.20. The summed E-state index contributed by atoms with van der Waals surface area (Å²) in [5.74, 6) is -0.359. The van der Waals surface area contributed by atoms with Crippen molar-refractivity contribution in [2.75, 3.05) is 0 Å². The fourth-order valence-electron chi connectivity index (χ4n) is 1.97. The summed E-state index contributed by atoms with van der Waals surface area (Å²) >= 11 is 2.22. The molecular formula is C17H17IO3. The predicted molar refractivity (Wildman–Crippen MR) is 90.8 cm³/mol. The fourth-order valence-corrected chi connectivity index (χ4v) is 2.33. The average Bonchev–Trinajstić information content (AvgIpc) is 2.44. The zero-order chi connectivity index (χ0) is 15.4. The van der Waals surface area contributed by atoms with Gasteiger partial charge in [0.1, 0.15) is 5.75 Å². The Morgan fingerprint density at radius 3 is 2.38 bits per heavy atom. The smallest absolute Gasteiger partial charge is 0.345 e. The molecule has 0 saturated carbocycles. The molecule has 0 aliphatic heterocycles. The Bertz CT molecular complexity index is 635. The molecule has 1 atom stereocenters. The highest BCUT2D eigenvalue weighted by Crippen LogP contribution is 2.19. The number of aryl methyl sites for hydroxylation is 2. The monoisotopic (exact) mass is 396 g/mol. The van der Waals surface area contributed by atoms with Gasteiger partial charge >= 0.3 is 5.97 Å². The van der Waals surface area contributed by atoms with E-state index in [-0.39, 0.29) is 0 Å². The number of carbonyl (C=O) groups is 1. The highest BCUT2D eigenvalue weighted by molar-refractivity contribution is 14.1. The molecule has 0 aliphatic rings. The Balaban J connectivity index is 2.13. The van der Waals surface area contributed by atoms with Crippen LogP contribution in [0.4, 0.5) is 0 Å². The zero-order valence-corrected chi connectivity index (χ0v) is 14.1. The first-order chi connectivity index (χ1) is 9.95. The van der Waals surface area contributed by atoms with Gasteiger partial charge in [0, 0.05) is 9.99 Å². The van der Waals surface area contributed by atoms with Crippen LogP contribution < -0.4 is 4.74 Å². The SMILES string of the molecule is Cc1ccc(O[C@@H](Cc2ccc(I)cc2)C(=O)O)cc1C. The molecule has 0 unspecified atom stereocenters. The summed E-state index contributed by atoms with van der Waals surface area (Å²) in [5.41, 5.74) is 3.20. The molecule has 2 aromatic rings. The molecule has 110 valence electrons. The molecule has 2 aromatic carbocycles. The number of hydrogen-bond donors (Lipinski definition) is 1. The topological polar surface area (TPSA) is 46.5 Å². The molecule has 0 spiro atoms. The Morgan fingerprint density at radius 2 is 1.81 bits per heavy atom. The summed E-state index contributed by atoms with van der Waals surface area (Å²) < 4.78 is 6.77. The van der Waals surface area contributed by atoms with E-state index in [0.717, 1.165) is 20.3 Å². The highest BCUT2D eigenvalue weighted by atomic mass is 127. The summed E-state index contributed by atoms with van der Waals surface area (Å²) in [6.07, 6.45) is -0.536. The van der Waals surface area contributed by atoms with Crippen molar-refractivity contribution in [3.63, 3.8) is 0 Å². The molecule has 0 aromatic heterocycles. The van der Waals surface area contributed by atoms with E-state index < -0.39 is 12.1 Å². The fraction of sp³-hybridized carbons (Fsp3) is 0.235. The van der Waals surface area contributed by atoms with E-state index >= 15 is 0 Å². The van der Waals surface area contributed by atoms with Crippen LogP contribution in [0, 0.1) is 17.4 Å². The van der Waals surface area contributed by atoms with Crippen LogP contribution in [0.1, 0.15) is 16.7 Å². The summed E-state index contributed by atoms with van der Waals surface area (Å²) in [6, 6.07) is 13.4. The molecule has 3 nitrogen and oxygen atoms in total. The minimum absolute atomic E-state index is 0.346. The van der Waals surface area contributed by atoms with Gasteiger partial charge in [-0.15, -0.1) is 0 Å². The van der Waals surface area contributed by atoms with Crippen LogP contribution in [-0.2, 0) is 11.2 Å². The van der Waals surface area contributed by atoms with Gasteiger partial charge in [-0.25, -0.2) is 4.79 Å². The minimum atomic E-state index is -0.952. The lowest BCUT2D eigenvalue weighted by molar-refractivity contribution is -0.145. The van der Waals surface area contributed by atoms with Crippen molar-refractivity contribution in [1.29, 1.82) is 0 Å². The molecule has 0 heterocycles. The van der Waals surface area contributed by atoms with E-state index in [1.165, 1.54) is 0 Å². The lowest BCUT2D eigenvalue weighted by Crippen LogP contribution is -2.29. The van der Waals surface area contributed by atoms with Gasteiger partial charge in [-0.05, 0) is 77.4 Å². The van der Waals surface area contributed by atoms with Crippen molar-refractivity contribution in [2.24, 2.45) is 0 Å². The maximum Gasteiger partial charge on any atom is 0.345 e. The third-order valence-corrected chi connectivity index (χ3v) is 4.09. The zero-order valence-electron chi connectivity index (χ0n) is 12.0. The van der Waals surface area contributed by atoms with Crippen molar-refractivity contribution in [1.82, 2.24) is 0 Å². The van der Waals surface area contributed by atoms with Crippen LogP contribution in [0.5, 0.6) is 5.75 Å². The van der Waals surface area contributed by atoms with Crippen molar-refractivity contribution in [3.05, 3.63) is 62.7 Å². The molecule has 21 heavy (non-hydrogen) atoms. The molecule has 1 N–H and O–H groups in total. The van der Waals surface area contributed by atoms with Crippen LogP contribution in [0.3, 0.4) is 0 Å². The van der Waals surface area contributed by atoms with Crippen LogP contribution in [0.15, 0.2) is 42.5 Å². The normalized spacial score (nSPS) is 12.0. The molecule has 0 fully saturated rings. The first kappa shape index (κ1) is 15.8. The lowest BCUT2D eigenvalue weighted by Gasteiger charge is -2.16. The van der Waals surface area contributed by atoms with E-state index in [9.17, 15) is 9.90 Å². The standard InChI is InChI=1S/C17H17IO3/c1-11-3-8-15(9-12(11)2)21-16(17(19)20)10-13-4-6-14(18)7-5-13/h3-9,16H,10H2,1-2H3,(H,19,20)/t16-/m0/s1. The number of halogens is 1. The lowest BCUT2D eigenvalue weighted by atomic mass is 10.1. The first-order valence-electron chi connectivity index (χ1n) is 6.67. The van der Waals surface area contributed by atoms with Gasteiger partial charge in [0.2, 0.25) is 0 Å². The molecule has 4 heteroatoms. The number of carboxylic acids is 1. The third kappa shape index (κ3) is 4.46. The van der Waals surface area contributed by atoms with Crippen molar-refractivity contribution in [2.45, 2.75) is 26.4 Å². The third-order valence-electron chi connectivity index (χ3n) is 3.37. The second kappa shape index (κ2) is 6.93. The number of aliphatic carboxylic acids is 1. The number of benzene rings is 2. The summed E-state index contributed by atoms with van der Waals surface area (Å²) in [6.45, 7) is 4.00. The molecule has 0 amide bonds. The largest absolute Gasteiger partial charge is 0.478 e. The molecule has 2 rings (SSSR count). The van der Waals surface area contributed by atoms with Gasteiger partial charge in [0.15, 0.2) is 6.10 Å². The number of carboxylic acid groups (broad SMARTS) is 1. The van der Waals surface area contributed by atoms with Gasteiger partial charge in [0.25, 0.3) is 0 Å². The van der Waals surface area contributed by atoms with Crippen LogP contribution >= 0.6 is 22.6 Å². The van der Waals surface area contributed by atoms with Crippen LogP contribution in [0.25, 0.3) is 0 Å². The van der Waals surface area contributed by atoms with Crippen molar-refractivity contribution < 1.29 is 14.6 Å². The van der Waals surface area contributed by atoms with Gasteiger partial charge in [0.05, 0.1) is 0 Å². The van der Waals surface area contributed by atoms with Crippen LogP contribution in [0.2, 0.25) is 0 Å². The average molecular weight is 396 g/mol. The van der Waals surface area contributed by atoms with Gasteiger partial charge < -0.3 is 9.84 Å². The number of ether oxygens (including phenoxy) is 1. The van der Waals surface area contributed by atoms with Gasteiger partial charge in [-0.3, -0.25) is 0 Å². The predicted octanol–water partition coefficient (Wildman–Crippen LogP) is 3.98. The van der Waals surface area contributed by atoms with E-state index in [2.05, 4.69) is 22.6 Å². The number of hydrogen-bond acceptors (Lipinski definition) is 2. The van der Waals surface area contributed by atoms with Crippen LogP contribution in [-0.4, -0.2) is 17.2 Å². The minimum Gasteiger partial charge on any atom is -0.478 e. The Hall–Kier alpha value is -1.56. The summed E-state index contributed by atoms with van der Waals surface area (Å²) in [7, 11) is 0. The number of rotatable bonds is 5. The molecule has 0 aliphatic carbocycles. The van der Waals surface area contributed by atoms with E-state index in [4.69, 9.17) is 4.74 Å². The van der Waals surface area contributed by atoms with E-state index in [0.29, 0.717) is 12.2 Å². The molecule has 0 bridgehead atoms. The Labute approximate surface area is 138 Å². The van der Waals surface area contributed by atoms with Crippen molar-refractivity contribution in [3.8, 4) is 5.75 Å². The Morgan fingerprint density at radius 1 is 1.14 bits per heavy atom. The van der Waals surface area contributed by atoms with E-state index in [1.807, 2.05) is 56.3 Å². The molecule has 0 saturated heterocycles. The van der Waals surface area contributed by atoms with E-state index in [1.54, 1.807) is 0 Å². The second-order valence-corrected chi connectivity index (χ2v) is 6.27. The van der Waals surface area contributed by atoms with Crippen molar-refractivity contribution >= 4 is 28.6 Å². The first-order valence-corrected chi connectivity index (χ1v) is 7.75. The molecule has 0 radical (unpaired) electrons. The quantitative estimate of drug-likeness (QED) is 0.778. The second-order valence-electron chi connectivity index (χ2n) is 5.02. The maximum absolute atomic E-state index is 11.4. The van der Waals surface area contributed by atoms with Gasteiger partial charge in [-0.1, -0.05) is 18.2 Å². The Kier molecular flexibility index (Phi) is 5.22. The summed E-state index contributed by atoms with van der Waals surface area (Å²) in [5, 5.41) is 9.35. The maximum atomic E-state index is 11.4.